The van der Waals surface area contributed by atoms with Gasteiger partial charge in [0.1, 0.15) is 11.4 Å². The Morgan fingerprint density at radius 2 is 2.28 bits per heavy atom. The third-order valence-electron chi connectivity index (χ3n) is 4.86. The number of rotatable bonds is 5. The molecule has 0 aromatic carbocycles. The van der Waals surface area contributed by atoms with Gasteiger partial charge < -0.3 is 14.5 Å². The average molecular weight is 342 g/mol. The Hall–Kier alpha value is -2.37. The van der Waals surface area contributed by atoms with Crippen molar-refractivity contribution in [3.8, 4) is 0 Å². The first kappa shape index (κ1) is 17.5. The molecule has 6 nitrogen and oxygen atoms in total. The molecule has 2 aromatic rings. The van der Waals surface area contributed by atoms with Gasteiger partial charge in [-0.2, -0.15) is 0 Å². The van der Waals surface area contributed by atoms with Crippen LogP contribution in [-0.2, 0) is 6.54 Å². The second-order valence-electron chi connectivity index (χ2n) is 6.82. The SMILES string of the molecule is CCCCn1ccnc1[C@H]1CCCN(C(=O)c2c[nH]c(C)cc2=O)C1. The lowest BCUT2D eigenvalue weighted by Crippen LogP contribution is -2.41. The molecule has 3 heterocycles. The normalized spacial score (nSPS) is 17.7. The Morgan fingerprint density at radius 3 is 3.04 bits per heavy atom. The number of carbonyl (C=O) groups is 1. The van der Waals surface area contributed by atoms with Crippen LogP contribution in [-0.4, -0.2) is 38.4 Å². The number of pyridine rings is 1. The first-order valence-corrected chi connectivity index (χ1v) is 9.09. The van der Waals surface area contributed by atoms with Crippen LogP contribution < -0.4 is 5.43 Å². The predicted octanol–water partition coefficient (Wildman–Crippen LogP) is 2.70. The van der Waals surface area contributed by atoms with Crippen molar-refractivity contribution >= 4 is 5.91 Å². The predicted molar refractivity (Wildman–Crippen MR) is 96.8 cm³/mol. The molecule has 3 rings (SSSR count). The van der Waals surface area contributed by atoms with Crippen molar-refractivity contribution < 1.29 is 4.79 Å². The highest BCUT2D eigenvalue weighted by Gasteiger charge is 2.28. The lowest BCUT2D eigenvalue weighted by Gasteiger charge is -2.32. The highest BCUT2D eigenvalue weighted by molar-refractivity contribution is 5.93. The van der Waals surface area contributed by atoms with Gasteiger partial charge in [0.25, 0.3) is 5.91 Å². The van der Waals surface area contributed by atoms with E-state index in [1.807, 2.05) is 19.3 Å². The van der Waals surface area contributed by atoms with Crippen LogP contribution in [0.5, 0.6) is 0 Å². The third-order valence-corrected chi connectivity index (χ3v) is 4.86. The van der Waals surface area contributed by atoms with Gasteiger partial charge in [0.15, 0.2) is 5.43 Å². The molecule has 0 saturated carbocycles. The van der Waals surface area contributed by atoms with Crippen molar-refractivity contribution in [3.05, 3.63) is 52.0 Å². The molecule has 0 bridgehead atoms. The van der Waals surface area contributed by atoms with Crippen LogP contribution in [0, 0.1) is 6.92 Å². The van der Waals surface area contributed by atoms with Crippen LogP contribution in [0.25, 0.3) is 0 Å². The number of H-pyrrole nitrogens is 1. The van der Waals surface area contributed by atoms with Crippen LogP contribution in [0.15, 0.2) is 29.5 Å². The van der Waals surface area contributed by atoms with Gasteiger partial charge >= 0.3 is 0 Å². The lowest BCUT2D eigenvalue weighted by molar-refractivity contribution is 0.0701. The minimum atomic E-state index is -0.215. The molecule has 0 aliphatic carbocycles. The number of hydrogen-bond acceptors (Lipinski definition) is 3. The first-order chi connectivity index (χ1) is 12.1. The van der Waals surface area contributed by atoms with E-state index in [1.54, 1.807) is 4.90 Å². The lowest BCUT2D eigenvalue weighted by atomic mass is 9.96. The second-order valence-corrected chi connectivity index (χ2v) is 6.82. The summed E-state index contributed by atoms with van der Waals surface area (Å²) in [5, 5.41) is 0. The number of amides is 1. The van der Waals surface area contributed by atoms with E-state index in [0.29, 0.717) is 13.1 Å². The Labute approximate surface area is 147 Å². The number of hydrogen-bond donors (Lipinski definition) is 1. The van der Waals surface area contributed by atoms with Crippen molar-refractivity contribution in [1.29, 1.82) is 0 Å². The van der Waals surface area contributed by atoms with Crippen LogP contribution in [0.3, 0.4) is 0 Å². The first-order valence-electron chi connectivity index (χ1n) is 9.09. The highest BCUT2D eigenvalue weighted by Crippen LogP contribution is 2.26. The number of nitrogens with zero attached hydrogens (tertiary/aromatic N) is 3. The van der Waals surface area contributed by atoms with E-state index in [1.165, 1.54) is 12.3 Å². The molecule has 1 aliphatic rings. The number of nitrogens with one attached hydrogen (secondary N) is 1. The topological polar surface area (TPSA) is 71.0 Å². The summed E-state index contributed by atoms with van der Waals surface area (Å²) >= 11 is 0. The molecule has 2 aromatic heterocycles. The molecule has 1 atom stereocenters. The van der Waals surface area contributed by atoms with Gasteiger partial charge in [-0.1, -0.05) is 13.3 Å². The molecule has 25 heavy (non-hydrogen) atoms. The van der Waals surface area contributed by atoms with Crippen molar-refractivity contribution in [1.82, 2.24) is 19.4 Å². The number of unbranched alkanes of at least 4 members (excludes halogenated alkanes) is 1. The van der Waals surface area contributed by atoms with E-state index in [4.69, 9.17) is 0 Å². The van der Waals surface area contributed by atoms with Crippen molar-refractivity contribution in [2.75, 3.05) is 13.1 Å². The van der Waals surface area contributed by atoms with E-state index in [0.717, 1.165) is 43.7 Å². The van der Waals surface area contributed by atoms with Crippen LogP contribution >= 0.6 is 0 Å². The molecule has 0 unspecified atom stereocenters. The highest BCUT2D eigenvalue weighted by atomic mass is 16.2. The fourth-order valence-corrected chi connectivity index (χ4v) is 3.48. The Balaban J connectivity index is 1.76. The maximum Gasteiger partial charge on any atom is 0.259 e. The van der Waals surface area contributed by atoms with Crippen LogP contribution in [0.1, 0.15) is 60.4 Å². The quantitative estimate of drug-likeness (QED) is 0.908. The number of likely N-dealkylation sites (tertiary alicyclic amines) is 1. The molecule has 1 fully saturated rings. The smallest absolute Gasteiger partial charge is 0.259 e. The number of aromatic amines is 1. The summed E-state index contributed by atoms with van der Waals surface area (Å²) in [5.41, 5.74) is 0.768. The van der Waals surface area contributed by atoms with Gasteiger partial charge in [-0.3, -0.25) is 9.59 Å². The van der Waals surface area contributed by atoms with E-state index in [9.17, 15) is 9.59 Å². The monoisotopic (exact) mass is 342 g/mol. The fraction of sp³-hybridized carbons (Fsp3) is 0.526. The Morgan fingerprint density at radius 1 is 1.44 bits per heavy atom. The van der Waals surface area contributed by atoms with Crippen LogP contribution in [0.4, 0.5) is 0 Å². The van der Waals surface area contributed by atoms with E-state index in [-0.39, 0.29) is 22.8 Å². The molecular weight excluding hydrogens is 316 g/mol. The number of piperidine rings is 1. The standard InChI is InChI=1S/C19H26N4O2/c1-3-4-8-22-10-7-20-18(22)15-6-5-9-23(13-15)19(25)16-12-21-14(2)11-17(16)24/h7,10-12,15H,3-6,8-9,13H2,1-2H3,(H,21,24)/t15-/m0/s1. The molecule has 1 N–H and O–H groups in total. The molecule has 134 valence electrons. The van der Waals surface area contributed by atoms with Gasteiger partial charge in [0, 0.05) is 55.9 Å². The minimum absolute atomic E-state index is 0.183. The summed E-state index contributed by atoms with van der Waals surface area (Å²) in [6, 6.07) is 1.48. The number of carbonyl (C=O) groups excluding carboxylic acids is 1. The van der Waals surface area contributed by atoms with Crippen LogP contribution in [0.2, 0.25) is 0 Å². The summed E-state index contributed by atoms with van der Waals surface area (Å²) in [4.78, 5) is 34.2. The maximum absolute atomic E-state index is 12.8. The second kappa shape index (κ2) is 7.68. The van der Waals surface area contributed by atoms with Gasteiger partial charge in [0.2, 0.25) is 0 Å². The molecular formula is C19H26N4O2. The van der Waals surface area contributed by atoms with Gasteiger partial charge in [-0.25, -0.2) is 4.98 Å². The Bertz CT molecular complexity index is 793. The number of imidazole rings is 1. The summed E-state index contributed by atoms with van der Waals surface area (Å²) in [6.07, 6.45) is 9.62. The van der Waals surface area contributed by atoms with Gasteiger partial charge in [0.05, 0.1) is 0 Å². The molecule has 0 radical (unpaired) electrons. The molecule has 6 heteroatoms. The number of aryl methyl sites for hydroxylation is 2. The minimum Gasteiger partial charge on any atom is -0.364 e. The zero-order valence-electron chi connectivity index (χ0n) is 15.0. The fourth-order valence-electron chi connectivity index (χ4n) is 3.48. The van der Waals surface area contributed by atoms with E-state index < -0.39 is 0 Å². The molecule has 1 saturated heterocycles. The van der Waals surface area contributed by atoms with E-state index in [2.05, 4.69) is 21.5 Å². The maximum atomic E-state index is 12.8. The van der Waals surface area contributed by atoms with Gasteiger partial charge in [-0.15, -0.1) is 0 Å². The number of aromatic nitrogens is 3. The summed E-state index contributed by atoms with van der Waals surface area (Å²) in [5.74, 6) is 1.11. The molecule has 1 amide bonds. The molecule has 1 aliphatic heterocycles. The van der Waals surface area contributed by atoms with E-state index >= 15 is 0 Å². The zero-order valence-corrected chi connectivity index (χ0v) is 15.0. The van der Waals surface area contributed by atoms with Crippen molar-refractivity contribution in [2.45, 2.75) is 52.0 Å². The average Bonchev–Trinajstić information content (AvgIpc) is 3.08. The third kappa shape index (κ3) is 3.83. The van der Waals surface area contributed by atoms with Gasteiger partial charge in [-0.05, 0) is 26.2 Å². The van der Waals surface area contributed by atoms with Crippen molar-refractivity contribution in [2.24, 2.45) is 0 Å². The van der Waals surface area contributed by atoms with Crippen molar-refractivity contribution in [3.63, 3.8) is 0 Å². The summed E-state index contributed by atoms with van der Waals surface area (Å²) < 4.78 is 2.21. The summed E-state index contributed by atoms with van der Waals surface area (Å²) in [7, 11) is 0. The largest absolute Gasteiger partial charge is 0.364 e. The zero-order chi connectivity index (χ0) is 17.8. The summed E-state index contributed by atoms with van der Waals surface area (Å²) in [6.45, 7) is 6.26. The molecule has 0 spiro atoms. The Kier molecular flexibility index (Phi) is 5.36.